The minimum Gasteiger partial charge on any atom is -0.409 e. The number of nitrogens with two attached hydrogens (primary N) is 1. The summed E-state index contributed by atoms with van der Waals surface area (Å²) >= 11 is 0. The van der Waals surface area contributed by atoms with E-state index in [0.717, 1.165) is 6.07 Å². The highest BCUT2D eigenvalue weighted by molar-refractivity contribution is 5.81. The zero-order chi connectivity index (χ0) is 15.5. The summed E-state index contributed by atoms with van der Waals surface area (Å²) in [5.41, 5.74) is 5.36. The standard InChI is InChI=1S/C13H17F3N4O/c14-13(15,16)10-2-1-3-11(8-10)20-6-4-19(5-7-20)9-12(17)18-21/h1-3,8,21H,4-7,9H2,(H2,17,18). The lowest BCUT2D eigenvalue weighted by atomic mass is 10.1. The third-order valence-electron chi connectivity index (χ3n) is 3.42. The van der Waals surface area contributed by atoms with E-state index in [4.69, 9.17) is 10.9 Å². The van der Waals surface area contributed by atoms with Crippen LogP contribution >= 0.6 is 0 Å². The summed E-state index contributed by atoms with van der Waals surface area (Å²) in [5, 5.41) is 11.4. The summed E-state index contributed by atoms with van der Waals surface area (Å²) in [6.07, 6.45) is -4.33. The molecule has 1 aliphatic heterocycles. The molecule has 1 aromatic rings. The molecule has 0 atom stereocenters. The molecule has 0 amide bonds. The number of anilines is 1. The molecular formula is C13H17F3N4O. The van der Waals surface area contributed by atoms with E-state index >= 15 is 0 Å². The Labute approximate surface area is 120 Å². The molecule has 1 heterocycles. The summed E-state index contributed by atoms with van der Waals surface area (Å²) in [6, 6.07) is 5.33. The van der Waals surface area contributed by atoms with Crippen molar-refractivity contribution in [1.29, 1.82) is 0 Å². The number of alkyl halides is 3. The predicted octanol–water partition coefficient (Wildman–Crippen LogP) is 1.57. The van der Waals surface area contributed by atoms with Gasteiger partial charge in [0.1, 0.15) is 0 Å². The molecule has 2 rings (SSSR count). The highest BCUT2D eigenvalue weighted by Gasteiger charge is 2.31. The molecule has 0 unspecified atom stereocenters. The smallest absolute Gasteiger partial charge is 0.409 e. The second-order valence-electron chi connectivity index (χ2n) is 4.90. The average Bonchev–Trinajstić information content (AvgIpc) is 2.47. The fourth-order valence-corrected chi connectivity index (χ4v) is 2.30. The van der Waals surface area contributed by atoms with Crippen molar-refractivity contribution >= 4 is 11.5 Å². The molecule has 1 saturated heterocycles. The molecule has 0 aromatic heterocycles. The number of rotatable bonds is 3. The maximum absolute atomic E-state index is 12.7. The van der Waals surface area contributed by atoms with Crippen LogP contribution in [0.5, 0.6) is 0 Å². The number of amidine groups is 1. The predicted molar refractivity (Wildman–Crippen MR) is 73.5 cm³/mol. The van der Waals surface area contributed by atoms with Gasteiger partial charge >= 0.3 is 6.18 Å². The van der Waals surface area contributed by atoms with Gasteiger partial charge in [0.05, 0.1) is 12.1 Å². The lowest BCUT2D eigenvalue weighted by molar-refractivity contribution is -0.137. The number of hydrogen-bond acceptors (Lipinski definition) is 4. The molecule has 0 spiro atoms. The average molecular weight is 302 g/mol. The van der Waals surface area contributed by atoms with Gasteiger partial charge in [-0.2, -0.15) is 13.2 Å². The normalized spacial score (nSPS) is 18.0. The van der Waals surface area contributed by atoms with E-state index in [9.17, 15) is 13.2 Å². The summed E-state index contributed by atoms with van der Waals surface area (Å²) in [5.74, 6) is 0.127. The van der Waals surface area contributed by atoms with Crippen LogP contribution in [-0.2, 0) is 6.18 Å². The molecule has 0 saturated carbocycles. The number of halogens is 3. The van der Waals surface area contributed by atoms with Gasteiger partial charge in [0.25, 0.3) is 0 Å². The summed E-state index contributed by atoms with van der Waals surface area (Å²) in [4.78, 5) is 3.89. The molecule has 1 fully saturated rings. The van der Waals surface area contributed by atoms with Gasteiger partial charge < -0.3 is 15.8 Å². The van der Waals surface area contributed by atoms with Crippen molar-refractivity contribution in [3.8, 4) is 0 Å². The van der Waals surface area contributed by atoms with Crippen molar-refractivity contribution in [2.75, 3.05) is 37.6 Å². The SMILES string of the molecule is NC(CN1CCN(c2cccc(C(F)(F)F)c2)CC1)=NO. The number of benzene rings is 1. The number of oxime groups is 1. The molecular weight excluding hydrogens is 285 g/mol. The van der Waals surface area contributed by atoms with Gasteiger partial charge in [0.15, 0.2) is 5.84 Å². The lowest BCUT2D eigenvalue weighted by Crippen LogP contribution is -2.49. The monoisotopic (exact) mass is 302 g/mol. The van der Waals surface area contributed by atoms with E-state index in [2.05, 4.69) is 5.16 Å². The zero-order valence-electron chi connectivity index (χ0n) is 11.3. The van der Waals surface area contributed by atoms with E-state index in [0.29, 0.717) is 38.4 Å². The topological polar surface area (TPSA) is 65.1 Å². The fourth-order valence-electron chi connectivity index (χ4n) is 2.30. The third kappa shape index (κ3) is 4.01. The molecule has 0 radical (unpaired) electrons. The van der Waals surface area contributed by atoms with Gasteiger partial charge in [-0.05, 0) is 18.2 Å². The molecule has 0 bridgehead atoms. The second-order valence-corrected chi connectivity index (χ2v) is 4.90. The lowest BCUT2D eigenvalue weighted by Gasteiger charge is -2.36. The van der Waals surface area contributed by atoms with Crippen molar-refractivity contribution in [3.63, 3.8) is 0 Å². The Hall–Kier alpha value is -1.96. The Bertz CT molecular complexity index is 510. The van der Waals surface area contributed by atoms with Gasteiger partial charge in [-0.15, -0.1) is 0 Å². The largest absolute Gasteiger partial charge is 0.416 e. The van der Waals surface area contributed by atoms with Crippen LogP contribution in [0.4, 0.5) is 18.9 Å². The van der Waals surface area contributed by atoms with Crippen molar-refractivity contribution in [2.24, 2.45) is 10.9 Å². The fraction of sp³-hybridized carbons (Fsp3) is 0.462. The quantitative estimate of drug-likeness (QED) is 0.385. The Morgan fingerprint density at radius 1 is 1.24 bits per heavy atom. The minimum absolute atomic E-state index is 0.127. The molecule has 116 valence electrons. The summed E-state index contributed by atoms with van der Waals surface area (Å²) in [7, 11) is 0. The molecule has 1 aliphatic rings. The van der Waals surface area contributed by atoms with Crippen LogP contribution in [0, 0.1) is 0 Å². The third-order valence-corrected chi connectivity index (χ3v) is 3.42. The molecule has 1 aromatic carbocycles. The van der Waals surface area contributed by atoms with E-state index in [1.807, 2.05) is 9.80 Å². The molecule has 8 heteroatoms. The Balaban J connectivity index is 1.99. The van der Waals surface area contributed by atoms with Crippen molar-refractivity contribution in [2.45, 2.75) is 6.18 Å². The van der Waals surface area contributed by atoms with Crippen LogP contribution in [0.3, 0.4) is 0 Å². The first kappa shape index (κ1) is 15.4. The van der Waals surface area contributed by atoms with E-state index in [1.54, 1.807) is 6.07 Å². The molecule has 3 N–H and O–H groups in total. The number of hydrogen-bond donors (Lipinski definition) is 2. The van der Waals surface area contributed by atoms with Crippen molar-refractivity contribution in [1.82, 2.24) is 4.90 Å². The van der Waals surface area contributed by atoms with Gasteiger partial charge in [0.2, 0.25) is 0 Å². The van der Waals surface area contributed by atoms with Gasteiger partial charge in [-0.25, -0.2) is 0 Å². The second kappa shape index (κ2) is 6.21. The minimum atomic E-state index is -4.33. The van der Waals surface area contributed by atoms with Crippen LogP contribution < -0.4 is 10.6 Å². The first-order chi connectivity index (χ1) is 9.90. The van der Waals surface area contributed by atoms with Crippen LogP contribution in [-0.4, -0.2) is 48.7 Å². The van der Waals surface area contributed by atoms with Crippen molar-refractivity contribution in [3.05, 3.63) is 29.8 Å². The van der Waals surface area contributed by atoms with Crippen LogP contribution in [0.2, 0.25) is 0 Å². The van der Waals surface area contributed by atoms with E-state index in [-0.39, 0.29) is 5.84 Å². The van der Waals surface area contributed by atoms with Crippen molar-refractivity contribution < 1.29 is 18.4 Å². The van der Waals surface area contributed by atoms with E-state index < -0.39 is 11.7 Å². The van der Waals surface area contributed by atoms with Crippen LogP contribution in [0.15, 0.2) is 29.4 Å². The van der Waals surface area contributed by atoms with Crippen LogP contribution in [0.25, 0.3) is 0 Å². The maximum Gasteiger partial charge on any atom is 0.416 e. The van der Waals surface area contributed by atoms with Gasteiger partial charge in [0, 0.05) is 31.9 Å². The zero-order valence-corrected chi connectivity index (χ0v) is 11.3. The Morgan fingerprint density at radius 3 is 2.48 bits per heavy atom. The summed E-state index contributed by atoms with van der Waals surface area (Å²) < 4.78 is 38.1. The molecule has 0 aliphatic carbocycles. The van der Waals surface area contributed by atoms with Crippen LogP contribution in [0.1, 0.15) is 5.56 Å². The van der Waals surface area contributed by atoms with E-state index in [1.165, 1.54) is 12.1 Å². The maximum atomic E-state index is 12.7. The Kier molecular flexibility index (Phi) is 4.56. The number of piperazine rings is 1. The summed E-state index contributed by atoms with van der Waals surface area (Å²) in [6.45, 7) is 2.84. The molecule has 21 heavy (non-hydrogen) atoms. The highest BCUT2D eigenvalue weighted by atomic mass is 19.4. The molecule has 5 nitrogen and oxygen atoms in total. The van der Waals surface area contributed by atoms with Gasteiger partial charge in [-0.3, -0.25) is 4.90 Å². The highest BCUT2D eigenvalue weighted by Crippen LogP contribution is 2.31. The number of nitrogens with zero attached hydrogens (tertiary/aromatic N) is 3. The first-order valence-electron chi connectivity index (χ1n) is 6.51. The van der Waals surface area contributed by atoms with Gasteiger partial charge in [-0.1, -0.05) is 11.2 Å². The Morgan fingerprint density at radius 2 is 1.90 bits per heavy atom. The first-order valence-corrected chi connectivity index (χ1v) is 6.51.